The number of ether oxygens (including phenoxy) is 1. The molecule has 0 spiro atoms. The largest absolute Gasteiger partial charge is 0.495 e. The van der Waals surface area contributed by atoms with Gasteiger partial charge in [-0.3, -0.25) is 5.41 Å². The summed E-state index contributed by atoms with van der Waals surface area (Å²) in [4.78, 5) is 6.38. The maximum absolute atomic E-state index is 13.3. The van der Waals surface area contributed by atoms with E-state index < -0.39 is 0 Å². The van der Waals surface area contributed by atoms with Gasteiger partial charge in [-0.05, 0) is 73.7 Å². The highest BCUT2D eigenvalue weighted by Crippen LogP contribution is 2.30. The number of methoxy groups -OCH3 is 1. The second-order valence-electron chi connectivity index (χ2n) is 7.90. The van der Waals surface area contributed by atoms with Crippen molar-refractivity contribution in [3.63, 3.8) is 0 Å². The number of hydrogen-bond donors (Lipinski definition) is 1. The lowest BCUT2D eigenvalue weighted by molar-refractivity contribution is 0.316. The summed E-state index contributed by atoms with van der Waals surface area (Å²) in [6.07, 6.45) is 7.63. The zero-order chi connectivity index (χ0) is 22.0. The van der Waals surface area contributed by atoms with Crippen LogP contribution in [0.4, 0.5) is 4.39 Å². The summed E-state index contributed by atoms with van der Waals surface area (Å²) in [6.45, 7) is 4.84. The van der Waals surface area contributed by atoms with Gasteiger partial charge in [0.1, 0.15) is 17.4 Å². The normalized spacial score (nSPS) is 16.6. The van der Waals surface area contributed by atoms with Gasteiger partial charge in [-0.25, -0.2) is 9.37 Å². The Morgan fingerprint density at radius 2 is 1.97 bits per heavy atom. The van der Waals surface area contributed by atoms with Crippen molar-refractivity contribution in [2.24, 2.45) is 0 Å². The van der Waals surface area contributed by atoms with Crippen molar-refractivity contribution in [3.05, 3.63) is 83.2 Å². The van der Waals surface area contributed by atoms with Crippen LogP contribution in [0.5, 0.6) is 5.75 Å². The van der Waals surface area contributed by atoms with E-state index in [9.17, 15) is 4.39 Å². The molecule has 1 aliphatic heterocycles. The molecule has 4 rings (SSSR count). The summed E-state index contributed by atoms with van der Waals surface area (Å²) in [7, 11) is 1.66. The number of benzene rings is 2. The average molecular weight is 419 g/mol. The van der Waals surface area contributed by atoms with Crippen LogP contribution >= 0.6 is 0 Å². The highest BCUT2D eigenvalue weighted by molar-refractivity contribution is 6.00. The molecule has 1 aliphatic rings. The number of hydrogen-bond acceptors (Lipinski definition) is 3. The number of nitrogens with one attached hydrogen (secondary N) is 1. The molecule has 1 saturated heterocycles. The van der Waals surface area contributed by atoms with E-state index >= 15 is 0 Å². The Kier molecular flexibility index (Phi) is 5.89. The van der Waals surface area contributed by atoms with Crippen molar-refractivity contribution in [2.75, 3.05) is 13.7 Å². The molecule has 0 aliphatic carbocycles. The molecular formula is C25H27FN4O. The minimum Gasteiger partial charge on any atom is -0.495 e. The van der Waals surface area contributed by atoms with Crippen LogP contribution in [0, 0.1) is 18.2 Å². The molecule has 1 aromatic heterocycles. The Morgan fingerprint density at radius 1 is 1.19 bits per heavy atom. The molecule has 0 saturated carbocycles. The molecule has 3 aromatic rings. The van der Waals surface area contributed by atoms with E-state index in [0.29, 0.717) is 5.84 Å². The fourth-order valence-corrected chi connectivity index (χ4v) is 4.06. The monoisotopic (exact) mass is 418 g/mol. The number of aromatic nitrogens is 2. The molecule has 6 heteroatoms. The van der Waals surface area contributed by atoms with Crippen molar-refractivity contribution in [1.29, 1.82) is 5.41 Å². The van der Waals surface area contributed by atoms with Gasteiger partial charge in [-0.2, -0.15) is 0 Å². The number of imidazole rings is 1. The van der Waals surface area contributed by atoms with Gasteiger partial charge in [0.25, 0.3) is 0 Å². The van der Waals surface area contributed by atoms with Crippen LogP contribution in [0.15, 0.2) is 60.6 Å². The zero-order valence-electron chi connectivity index (χ0n) is 18.1. The predicted molar refractivity (Wildman–Crippen MR) is 121 cm³/mol. The molecular weight excluding hydrogens is 391 g/mol. The highest BCUT2D eigenvalue weighted by Gasteiger charge is 2.25. The minimum absolute atomic E-state index is 0.0122. The van der Waals surface area contributed by atoms with Crippen LogP contribution in [0.25, 0.3) is 11.8 Å². The van der Waals surface area contributed by atoms with Gasteiger partial charge < -0.3 is 14.2 Å². The number of amidine groups is 1. The Balaban J connectivity index is 1.59. The van der Waals surface area contributed by atoms with E-state index in [1.807, 2.05) is 35.9 Å². The predicted octanol–water partition coefficient (Wildman–Crippen LogP) is 5.55. The molecule has 0 radical (unpaired) electrons. The Labute approximate surface area is 182 Å². The lowest BCUT2D eigenvalue weighted by Crippen LogP contribution is -2.38. The lowest BCUT2D eigenvalue weighted by atomic mass is 9.97. The van der Waals surface area contributed by atoms with Crippen LogP contribution in [0.2, 0.25) is 0 Å². The number of nitrogens with zero attached hydrogens (tertiary/aromatic N) is 3. The van der Waals surface area contributed by atoms with Crippen molar-refractivity contribution in [2.45, 2.75) is 32.7 Å². The maximum Gasteiger partial charge on any atom is 0.143 e. The first-order valence-corrected chi connectivity index (χ1v) is 10.5. The molecule has 31 heavy (non-hydrogen) atoms. The number of likely N-dealkylation sites (tertiary alicyclic amines) is 1. The molecule has 0 amide bonds. The number of piperidine rings is 1. The molecule has 1 unspecified atom stereocenters. The second-order valence-corrected chi connectivity index (χ2v) is 7.90. The van der Waals surface area contributed by atoms with E-state index in [1.54, 1.807) is 25.6 Å². The van der Waals surface area contributed by atoms with Crippen molar-refractivity contribution in [3.8, 4) is 11.4 Å². The molecule has 2 aromatic carbocycles. The molecule has 0 bridgehead atoms. The third-order valence-corrected chi connectivity index (χ3v) is 5.79. The Morgan fingerprint density at radius 3 is 2.65 bits per heavy atom. The van der Waals surface area contributed by atoms with Gasteiger partial charge in [0, 0.05) is 12.7 Å². The van der Waals surface area contributed by atoms with Gasteiger partial charge in [0.05, 0.1) is 30.9 Å². The number of aryl methyl sites for hydroxylation is 1. The lowest BCUT2D eigenvalue weighted by Gasteiger charge is -2.36. The third kappa shape index (κ3) is 4.38. The Hall–Kier alpha value is -3.41. The van der Waals surface area contributed by atoms with E-state index in [1.165, 1.54) is 12.1 Å². The molecule has 2 heterocycles. The summed E-state index contributed by atoms with van der Waals surface area (Å²) in [5.41, 5.74) is 4.87. The first kappa shape index (κ1) is 20.8. The molecule has 1 N–H and O–H groups in total. The summed E-state index contributed by atoms with van der Waals surface area (Å²) < 4.78 is 20.9. The van der Waals surface area contributed by atoms with Crippen LogP contribution in [-0.2, 0) is 0 Å². The number of rotatable bonds is 5. The smallest absolute Gasteiger partial charge is 0.143 e. The van der Waals surface area contributed by atoms with Crippen LogP contribution in [-0.4, -0.2) is 33.9 Å². The van der Waals surface area contributed by atoms with Crippen LogP contribution in [0.3, 0.4) is 0 Å². The molecule has 1 atom stereocenters. The van der Waals surface area contributed by atoms with E-state index in [0.717, 1.165) is 53.2 Å². The van der Waals surface area contributed by atoms with E-state index in [-0.39, 0.29) is 11.9 Å². The molecule has 160 valence electrons. The van der Waals surface area contributed by atoms with Crippen molar-refractivity contribution in [1.82, 2.24) is 14.5 Å². The average Bonchev–Trinajstić information content (AvgIpc) is 3.21. The van der Waals surface area contributed by atoms with Gasteiger partial charge >= 0.3 is 0 Å². The Bertz CT molecular complexity index is 1120. The standard InChI is InChI=1S/C25H27FN4O/c1-17-15-29(16-28-17)23-11-6-19(14-24(23)31-3)13-21-5-4-12-30(25(21)27)18(2)20-7-9-22(26)10-8-20/h6-11,13-16,18,27H,4-5,12H2,1-3H3/b21-13+,27-25?. The summed E-state index contributed by atoms with van der Waals surface area (Å²) in [5, 5.41) is 8.79. The quantitative estimate of drug-likeness (QED) is 0.591. The van der Waals surface area contributed by atoms with Gasteiger partial charge in [0.15, 0.2) is 0 Å². The first-order valence-electron chi connectivity index (χ1n) is 10.5. The topological polar surface area (TPSA) is 54.1 Å². The van der Waals surface area contributed by atoms with Crippen molar-refractivity contribution < 1.29 is 9.13 Å². The summed E-state index contributed by atoms with van der Waals surface area (Å²) in [5.74, 6) is 1.04. The first-order chi connectivity index (χ1) is 15.0. The van der Waals surface area contributed by atoms with E-state index in [4.69, 9.17) is 10.1 Å². The zero-order valence-corrected chi connectivity index (χ0v) is 18.1. The van der Waals surface area contributed by atoms with Crippen LogP contribution in [0.1, 0.15) is 42.6 Å². The fourth-order valence-electron chi connectivity index (χ4n) is 4.06. The van der Waals surface area contributed by atoms with Gasteiger partial charge in [0.2, 0.25) is 0 Å². The third-order valence-electron chi connectivity index (χ3n) is 5.79. The molecule has 1 fully saturated rings. The SMILES string of the molecule is COc1cc(/C=C2\CCCN(C(C)c3ccc(F)cc3)C2=N)ccc1-n1cnc(C)c1. The summed E-state index contributed by atoms with van der Waals surface area (Å²) >= 11 is 0. The fraction of sp³-hybridized carbons (Fsp3) is 0.280. The van der Waals surface area contributed by atoms with Gasteiger partial charge in [-0.1, -0.05) is 18.2 Å². The minimum atomic E-state index is -0.242. The highest BCUT2D eigenvalue weighted by atomic mass is 19.1. The van der Waals surface area contributed by atoms with Crippen LogP contribution < -0.4 is 4.74 Å². The van der Waals surface area contributed by atoms with Gasteiger partial charge in [-0.15, -0.1) is 0 Å². The second kappa shape index (κ2) is 8.76. The molecule has 5 nitrogen and oxygen atoms in total. The van der Waals surface area contributed by atoms with E-state index in [2.05, 4.69) is 22.9 Å². The van der Waals surface area contributed by atoms with Crippen molar-refractivity contribution >= 4 is 11.9 Å². The maximum atomic E-state index is 13.3. The summed E-state index contributed by atoms with van der Waals surface area (Å²) in [6, 6.07) is 12.6. The number of halogens is 1.